The summed E-state index contributed by atoms with van der Waals surface area (Å²) in [5, 5.41) is 3.57. The fourth-order valence-electron chi connectivity index (χ4n) is 4.23. The molecular weight excluding hydrogens is 462 g/mol. The summed E-state index contributed by atoms with van der Waals surface area (Å²) in [5.74, 6) is -0.991. The molecular formula is C31H27N3O3. The Hall–Kier alpha value is -4.84. The molecule has 37 heavy (non-hydrogen) atoms. The second-order valence-corrected chi connectivity index (χ2v) is 8.22. The van der Waals surface area contributed by atoms with Crippen molar-refractivity contribution >= 4 is 28.5 Å². The van der Waals surface area contributed by atoms with Gasteiger partial charge in [0.25, 0.3) is 5.91 Å². The van der Waals surface area contributed by atoms with E-state index in [0.717, 1.165) is 5.56 Å². The maximum Gasteiger partial charge on any atom is 0.333 e. The molecule has 1 amide bonds. The summed E-state index contributed by atoms with van der Waals surface area (Å²) in [6.45, 7) is 7.57. The SMILES string of the molecule is C=CN=C(C=C)Cc1c(-c2ccccc2)nc2ccccc2c1C(=O)NC(C(=O)OC)c1ccccc1. The number of carbonyl (C=O) groups is 2. The van der Waals surface area contributed by atoms with Gasteiger partial charge in [0.1, 0.15) is 0 Å². The Morgan fingerprint density at radius 1 is 0.973 bits per heavy atom. The predicted molar refractivity (Wildman–Crippen MR) is 147 cm³/mol. The molecule has 0 radical (unpaired) electrons. The van der Waals surface area contributed by atoms with Crippen LogP contribution in [0.2, 0.25) is 0 Å². The molecule has 3 aromatic carbocycles. The summed E-state index contributed by atoms with van der Waals surface area (Å²) in [7, 11) is 1.30. The van der Waals surface area contributed by atoms with Crippen LogP contribution in [0.1, 0.15) is 27.5 Å². The molecule has 0 fully saturated rings. The Labute approximate surface area is 216 Å². The second-order valence-electron chi connectivity index (χ2n) is 8.22. The highest BCUT2D eigenvalue weighted by atomic mass is 16.5. The number of ether oxygens (including phenoxy) is 1. The van der Waals surface area contributed by atoms with Crippen molar-refractivity contribution in [2.24, 2.45) is 4.99 Å². The van der Waals surface area contributed by atoms with E-state index in [1.165, 1.54) is 13.3 Å². The summed E-state index contributed by atoms with van der Waals surface area (Å²) in [6.07, 6.45) is 3.36. The lowest BCUT2D eigenvalue weighted by atomic mass is 9.92. The molecule has 6 heteroatoms. The average molecular weight is 490 g/mol. The van der Waals surface area contributed by atoms with Gasteiger partial charge in [0.05, 0.1) is 23.9 Å². The zero-order chi connectivity index (χ0) is 26.2. The molecule has 1 atom stereocenters. The summed E-state index contributed by atoms with van der Waals surface area (Å²) in [4.78, 5) is 36.1. The van der Waals surface area contributed by atoms with E-state index in [1.807, 2.05) is 60.7 Å². The first kappa shape index (κ1) is 25.3. The highest BCUT2D eigenvalue weighted by molar-refractivity contribution is 6.11. The Kier molecular flexibility index (Phi) is 8.01. The van der Waals surface area contributed by atoms with Crippen LogP contribution < -0.4 is 5.32 Å². The number of hydrogen-bond donors (Lipinski definition) is 1. The maximum atomic E-state index is 14.1. The van der Waals surface area contributed by atoms with Crippen molar-refractivity contribution in [1.82, 2.24) is 10.3 Å². The van der Waals surface area contributed by atoms with Crippen LogP contribution in [0.4, 0.5) is 0 Å². The minimum Gasteiger partial charge on any atom is -0.467 e. The van der Waals surface area contributed by atoms with Gasteiger partial charge in [-0.2, -0.15) is 0 Å². The lowest BCUT2D eigenvalue weighted by Gasteiger charge is -2.21. The number of para-hydroxylation sites is 1. The number of methoxy groups -OCH3 is 1. The average Bonchev–Trinajstić information content (AvgIpc) is 2.95. The summed E-state index contributed by atoms with van der Waals surface area (Å²) < 4.78 is 5.02. The maximum absolute atomic E-state index is 14.1. The highest BCUT2D eigenvalue weighted by Gasteiger charge is 2.28. The minimum atomic E-state index is -0.987. The molecule has 0 aliphatic heterocycles. The van der Waals surface area contributed by atoms with E-state index in [-0.39, 0.29) is 6.42 Å². The lowest BCUT2D eigenvalue weighted by molar-refractivity contribution is -0.143. The molecule has 4 aromatic rings. The van der Waals surface area contributed by atoms with E-state index < -0.39 is 17.9 Å². The quantitative estimate of drug-likeness (QED) is 0.236. The molecule has 0 aliphatic rings. The van der Waals surface area contributed by atoms with Gasteiger partial charge in [0.2, 0.25) is 0 Å². The molecule has 0 aliphatic carbocycles. The number of aliphatic imine (C=N–C) groups is 1. The standard InChI is InChI=1S/C31H27N3O3/c1-4-23(32-5-2)20-25-27(30(35)34-29(31(36)37-3)22-16-10-7-11-17-22)24-18-12-13-19-26(24)33-28(25)21-14-8-6-9-15-21/h4-19,29H,1-2,20H2,3H3,(H,34,35). The Bertz CT molecular complexity index is 1480. The Morgan fingerprint density at radius 3 is 2.27 bits per heavy atom. The molecule has 1 aromatic heterocycles. The van der Waals surface area contributed by atoms with E-state index in [9.17, 15) is 9.59 Å². The van der Waals surface area contributed by atoms with Gasteiger partial charge in [-0.25, -0.2) is 9.78 Å². The summed E-state index contributed by atoms with van der Waals surface area (Å²) in [6, 6.07) is 25.1. The van der Waals surface area contributed by atoms with Crippen LogP contribution in [0.3, 0.4) is 0 Å². The predicted octanol–water partition coefficient (Wildman–Crippen LogP) is 5.86. The largest absolute Gasteiger partial charge is 0.467 e. The van der Waals surface area contributed by atoms with Crippen molar-refractivity contribution in [2.75, 3.05) is 7.11 Å². The molecule has 0 saturated carbocycles. The third-order valence-corrected chi connectivity index (χ3v) is 5.96. The smallest absolute Gasteiger partial charge is 0.333 e. The van der Waals surface area contributed by atoms with Crippen LogP contribution in [0.5, 0.6) is 0 Å². The van der Waals surface area contributed by atoms with Gasteiger partial charge in [-0.15, -0.1) is 0 Å². The van der Waals surface area contributed by atoms with Gasteiger partial charge in [0, 0.05) is 29.3 Å². The monoisotopic (exact) mass is 489 g/mol. The number of pyridine rings is 1. The van der Waals surface area contributed by atoms with Crippen molar-refractivity contribution in [2.45, 2.75) is 12.5 Å². The van der Waals surface area contributed by atoms with E-state index in [0.29, 0.717) is 39.0 Å². The van der Waals surface area contributed by atoms with Gasteiger partial charge < -0.3 is 10.1 Å². The fourth-order valence-corrected chi connectivity index (χ4v) is 4.23. The van der Waals surface area contributed by atoms with Crippen LogP contribution in [0.15, 0.2) is 115 Å². The molecule has 4 rings (SSSR count). The van der Waals surface area contributed by atoms with Crippen LogP contribution >= 0.6 is 0 Å². The highest BCUT2D eigenvalue weighted by Crippen LogP contribution is 2.32. The van der Waals surface area contributed by atoms with Crippen molar-refractivity contribution < 1.29 is 14.3 Å². The molecule has 0 spiro atoms. The van der Waals surface area contributed by atoms with Crippen LogP contribution in [-0.2, 0) is 16.0 Å². The van der Waals surface area contributed by atoms with Gasteiger partial charge in [-0.1, -0.05) is 92.0 Å². The van der Waals surface area contributed by atoms with E-state index >= 15 is 0 Å². The number of aromatic nitrogens is 1. The molecule has 6 nitrogen and oxygen atoms in total. The molecule has 0 bridgehead atoms. The van der Waals surface area contributed by atoms with Crippen molar-refractivity contribution in [3.63, 3.8) is 0 Å². The van der Waals surface area contributed by atoms with Crippen LogP contribution in [0.25, 0.3) is 22.2 Å². The van der Waals surface area contributed by atoms with Crippen molar-refractivity contribution in [3.05, 3.63) is 127 Å². The van der Waals surface area contributed by atoms with Crippen molar-refractivity contribution in [1.29, 1.82) is 0 Å². The molecule has 0 saturated heterocycles. The van der Waals surface area contributed by atoms with E-state index in [2.05, 4.69) is 23.5 Å². The summed E-state index contributed by atoms with van der Waals surface area (Å²) >= 11 is 0. The topological polar surface area (TPSA) is 80.7 Å². The van der Waals surface area contributed by atoms with Gasteiger partial charge in [-0.3, -0.25) is 9.79 Å². The van der Waals surface area contributed by atoms with Gasteiger partial charge in [-0.05, 0) is 23.3 Å². The van der Waals surface area contributed by atoms with Crippen LogP contribution in [-0.4, -0.2) is 29.7 Å². The van der Waals surface area contributed by atoms with Crippen molar-refractivity contribution in [3.8, 4) is 11.3 Å². The zero-order valence-electron chi connectivity index (χ0n) is 20.6. The fraction of sp³-hybridized carbons (Fsp3) is 0.0968. The van der Waals surface area contributed by atoms with Crippen LogP contribution in [0, 0.1) is 0 Å². The first-order chi connectivity index (χ1) is 18.1. The number of amides is 1. The number of hydrogen-bond acceptors (Lipinski definition) is 5. The van der Waals surface area contributed by atoms with Gasteiger partial charge in [0.15, 0.2) is 6.04 Å². The third kappa shape index (κ3) is 5.54. The number of nitrogens with zero attached hydrogens (tertiary/aromatic N) is 2. The first-order valence-corrected chi connectivity index (χ1v) is 11.8. The Balaban J connectivity index is 1.95. The van der Waals surface area contributed by atoms with Gasteiger partial charge >= 0.3 is 5.97 Å². The molecule has 184 valence electrons. The zero-order valence-corrected chi connectivity index (χ0v) is 20.6. The second kappa shape index (κ2) is 11.7. The lowest BCUT2D eigenvalue weighted by Crippen LogP contribution is -2.35. The number of fused-ring (bicyclic) bond motifs is 1. The Morgan fingerprint density at radius 2 is 1.62 bits per heavy atom. The molecule has 1 heterocycles. The van der Waals surface area contributed by atoms with E-state index in [1.54, 1.807) is 30.3 Å². The van der Waals surface area contributed by atoms with E-state index in [4.69, 9.17) is 9.72 Å². The minimum absolute atomic E-state index is 0.286. The molecule has 1 N–H and O–H groups in total. The molecule has 1 unspecified atom stereocenters. The summed E-state index contributed by atoms with van der Waals surface area (Å²) in [5.41, 5.74) is 4.49. The number of allylic oxidation sites excluding steroid dienone is 1. The first-order valence-electron chi connectivity index (χ1n) is 11.8. The number of esters is 1. The third-order valence-electron chi connectivity index (χ3n) is 5.96. The number of carbonyl (C=O) groups excluding carboxylic acids is 2. The number of benzene rings is 3. The number of nitrogens with one attached hydrogen (secondary N) is 1. The number of rotatable bonds is 9. The normalized spacial score (nSPS) is 12.0.